The Morgan fingerprint density at radius 2 is 2.06 bits per heavy atom. The van der Waals surface area contributed by atoms with E-state index in [0.717, 1.165) is 62.5 Å². The van der Waals surface area contributed by atoms with E-state index in [2.05, 4.69) is 25.1 Å². The number of H-pyrrole nitrogens is 2. The van der Waals surface area contributed by atoms with Crippen LogP contribution in [0.25, 0.3) is 11.0 Å². The van der Waals surface area contributed by atoms with Crippen LogP contribution in [0.15, 0.2) is 68.5 Å². The number of imidazole rings is 1. The zero-order chi connectivity index (χ0) is 22.0. The summed E-state index contributed by atoms with van der Waals surface area (Å²) in [4.78, 5) is 23.6. The maximum atomic E-state index is 13.6. The molecule has 1 unspecified atom stereocenters. The fraction of sp³-hybridized carbons (Fsp3) is 0.292. The van der Waals surface area contributed by atoms with Gasteiger partial charge in [-0.15, -0.1) is 0 Å². The van der Waals surface area contributed by atoms with Crippen molar-refractivity contribution in [1.82, 2.24) is 20.2 Å². The zero-order valence-corrected chi connectivity index (χ0v) is 18.9. The largest absolute Gasteiger partial charge is 0.453 e. The Morgan fingerprint density at radius 1 is 1.22 bits per heavy atom. The summed E-state index contributed by atoms with van der Waals surface area (Å²) in [5.41, 5.74) is 4.37. The molecule has 2 N–H and O–H groups in total. The highest BCUT2D eigenvalue weighted by Gasteiger charge is 2.46. The normalized spacial score (nSPS) is 20.0. The molecule has 1 atom stereocenters. The minimum Gasteiger partial charge on any atom is -0.453 e. The molecule has 0 spiro atoms. The molecule has 0 fully saturated rings. The fourth-order valence-electron chi connectivity index (χ4n) is 4.79. The van der Waals surface area contributed by atoms with Crippen LogP contribution in [0.4, 0.5) is 5.82 Å². The molecular formula is C24H23N5O2S. The summed E-state index contributed by atoms with van der Waals surface area (Å²) in [6.07, 6.45) is 3.49. The lowest BCUT2D eigenvalue weighted by atomic mass is 9.68. The third-order valence-corrected chi connectivity index (χ3v) is 7.40. The van der Waals surface area contributed by atoms with Crippen LogP contribution in [0.1, 0.15) is 43.9 Å². The minimum atomic E-state index is -0.391. The van der Waals surface area contributed by atoms with Gasteiger partial charge in [0.1, 0.15) is 11.6 Å². The van der Waals surface area contributed by atoms with Crippen molar-refractivity contribution in [3.05, 3.63) is 65.2 Å². The molecule has 0 saturated heterocycles. The van der Waals surface area contributed by atoms with Crippen molar-refractivity contribution >= 4 is 34.4 Å². The highest BCUT2D eigenvalue weighted by Crippen LogP contribution is 2.51. The van der Waals surface area contributed by atoms with Crippen LogP contribution in [0.5, 0.6) is 0 Å². The molecule has 1 aromatic carbocycles. The molecule has 0 saturated carbocycles. The average Bonchev–Trinajstić information content (AvgIpc) is 3.51. The van der Waals surface area contributed by atoms with Gasteiger partial charge in [-0.3, -0.25) is 9.89 Å². The van der Waals surface area contributed by atoms with Gasteiger partial charge in [-0.2, -0.15) is 5.10 Å². The molecular weight excluding hydrogens is 422 g/mol. The van der Waals surface area contributed by atoms with Crippen LogP contribution in [-0.2, 0) is 4.79 Å². The summed E-state index contributed by atoms with van der Waals surface area (Å²) in [7, 11) is 2.00. The second-order valence-corrected chi connectivity index (χ2v) is 10.1. The zero-order valence-electron chi connectivity index (χ0n) is 18.1. The van der Waals surface area contributed by atoms with Crippen molar-refractivity contribution in [1.29, 1.82) is 0 Å². The first-order chi connectivity index (χ1) is 15.4. The van der Waals surface area contributed by atoms with E-state index in [1.807, 2.05) is 63.5 Å². The molecule has 1 aliphatic carbocycles. The Balaban J connectivity index is 1.40. The maximum Gasteiger partial charge on any atom is 0.174 e. The highest BCUT2D eigenvalue weighted by atomic mass is 32.2. The lowest BCUT2D eigenvalue weighted by Crippen LogP contribution is -2.39. The minimum absolute atomic E-state index is 0.185. The molecule has 6 rings (SSSR count). The molecule has 4 heterocycles. The topological polar surface area (TPSA) is 90.8 Å². The van der Waals surface area contributed by atoms with E-state index < -0.39 is 5.41 Å². The molecule has 162 valence electrons. The van der Waals surface area contributed by atoms with Crippen molar-refractivity contribution < 1.29 is 9.21 Å². The first-order valence-electron chi connectivity index (χ1n) is 10.7. The summed E-state index contributed by atoms with van der Waals surface area (Å²) < 4.78 is 6.31. The Labute approximate surface area is 189 Å². The van der Waals surface area contributed by atoms with Crippen molar-refractivity contribution in [3.8, 4) is 0 Å². The third kappa shape index (κ3) is 2.86. The second-order valence-electron chi connectivity index (χ2n) is 9.06. The molecule has 0 bridgehead atoms. The molecule has 4 aromatic rings. The van der Waals surface area contributed by atoms with Crippen LogP contribution in [0, 0.1) is 5.41 Å². The van der Waals surface area contributed by atoms with Crippen molar-refractivity contribution in [2.24, 2.45) is 5.41 Å². The van der Waals surface area contributed by atoms with Crippen LogP contribution in [0.2, 0.25) is 0 Å². The van der Waals surface area contributed by atoms with E-state index >= 15 is 0 Å². The Morgan fingerprint density at radius 3 is 2.91 bits per heavy atom. The van der Waals surface area contributed by atoms with E-state index in [0.29, 0.717) is 0 Å². The molecule has 8 heteroatoms. The summed E-state index contributed by atoms with van der Waals surface area (Å²) in [6, 6.07) is 11.9. The number of allylic oxidation sites excluding steroid dienone is 2. The first kappa shape index (κ1) is 19.4. The summed E-state index contributed by atoms with van der Waals surface area (Å²) in [6.45, 7) is 4.07. The number of para-hydroxylation sites is 2. The lowest BCUT2D eigenvalue weighted by Gasteiger charge is -2.41. The standard InChI is InChI=1S/C24H23N5O2S/c1-24(2)11-10-16-20(21(24)30)19(13-12-25-28-22(13)29(16)3)17-8-9-18(31-17)32-23-26-14-6-4-5-7-15(14)27-23/h4-9,12,19H,10-11H2,1-3H3,(H,25,28)(H,26,27). The number of fused-ring (bicyclic) bond motifs is 2. The average molecular weight is 446 g/mol. The number of benzene rings is 1. The number of hydrogen-bond acceptors (Lipinski definition) is 6. The van der Waals surface area contributed by atoms with Crippen LogP contribution in [0.3, 0.4) is 0 Å². The number of aromatic amines is 2. The van der Waals surface area contributed by atoms with Crippen molar-refractivity contribution in [2.75, 3.05) is 11.9 Å². The van der Waals surface area contributed by atoms with Gasteiger partial charge in [-0.25, -0.2) is 4.98 Å². The summed E-state index contributed by atoms with van der Waals surface area (Å²) in [5.74, 6) is 1.58. The third-order valence-electron chi connectivity index (χ3n) is 6.60. The number of anilines is 1. The maximum absolute atomic E-state index is 13.6. The first-order valence-corrected chi connectivity index (χ1v) is 11.5. The lowest BCUT2D eigenvalue weighted by molar-refractivity contribution is -0.124. The van der Waals surface area contributed by atoms with Crippen molar-refractivity contribution in [3.63, 3.8) is 0 Å². The molecule has 7 nitrogen and oxygen atoms in total. The highest BCUT2D eigenvalue weighted by molar-refractivity contribution is 7.99. The van der Waals surface area contributed by atoms with Crippen LogP contribution in [-0.4, -0.2) is 33.0 Å². The van der Waals surface area contributed by atoms with E-state index in [-0.39, 0.29) is 11.7 Å². The molecule has 0 amide bonds. The van der Waals surface area contributed by atoms with Gasteiger partial charge in [0.15, 0.2) is 16.0 Å². The van der Waals surface area contributed by atoms with Crippen LogP contribution >= 0.6 is 11.8 Å². The number of furan rings is 1. The van der Waals surface area contributed by atoms with Crippen molar-refractivity contribution in [2.45, 2.75) is 42.9 Å². The van der Waals surface area contributed by atoms with E-state index in [1.54, 1.807) is 0 Å². The molecule has 32 heavy (non-hydrogen) atoms. The number of hydrogen-bond donors (Lipinski definition) is 2. The number of ketones is 1. The molecule has 2 aliphatic rings. The smallest absolute Gasteiger partial charge is 0.174 e. The van der Waals surface area contributed by atoms with Gasteiger partial charge in [0, 0.05) is 29.3 Å². The predicted molar refractivity (Wildman–Crippen MR) is 123 cm³/mol. The monoisotopic (exact) mass is 445 g/mol. The summed E-state index contributed by atoms with van der Waals surface area (Å²) >= 11 is 1.44. The molecule has 3 aromatic heterocycles. The Bertz CT molecular complexity index is 1360. The van der Waals surface area contributed by atoms with Gasteiger partial charge in [0.2, 0.25) is 0 Å². The summed E-state index contributed by atoms with van der Waals surface area (Å²) in [5, 5.41) is 8.89. The number of nitrogens with one attached hydrogen (secondary N) is 2. The quantitative estimate of drug-likeness (QED) is 0.447. The Hall–Kier alpha value is -3.26. The fourth-order valence-corrected chi connectivity index (χ4v) is 5.56. The predicted octanol–water partition coefficient (Wildman–Crippen LogP) is 5.26. The number of rotatable bonds is 3. The number of carbonyl (C=O) groups excluding carboxylic acids is 1. The van der Waals surface area contributed by atoms with Gasteiger partial charge >= 0.3 is 0 Å². The van der Waals surface area contributed by atoms with Gasteiger partial charge in [-0.05, 0) is 48.9 Å². The van der Waals surface area contributed by atoms with Crippen LogP contribution < -0.4 is 4.90 Å². The van der Waals surface area contributed by atoms with E-state index in [4.69, 9.17) is 4.42 Å². The van der Waals surface area contributed by atoms with Gasteiger partial charge < -0.3 is 14.3 Å². The number of aromatic nitrogens is 4. The van der Waals surface area contributed by atoms with Gasteiger partial charge in [0.25, 0.3) is 0 Å². The SMILES string of the molecule is CN1C2=C(C(=O)C(C)(C)CC2)C(c2ccc(Sc3nc4ccccc4[nH]3)o2)c2cn[nH]c21. The van der Waals surface area contributed by atoms with Gasteiger partial charge in [-0.1, -0.05) is 26.0 Å². The number of nitrogens with zero attached hydrogens (tertiary/aromatic N) is 3. The number of Topliss-reactive ketones (excluding diaryl/α,β-unsaturated/α-hetero) is 1. The van der Waals surface area contributed by atoms with E-state index in [1.165, 1.54) is 11.8 Å². The molecule has 1 aliphatic heterocycles. The van der Waals surface area contributed by atoms with E-state index in [9.17, 15) is 4.79 Å². The Kier molecular flexibility index (Phi) is 4.17. The number of carbonyl (C=O) groups is 1. The second kappa shape index (κ2) is 6.87. The van der Waals surface area contributed by atoms with Gasteiger partial charge in [0.05, 0.1) is 23.1 Å². The molecule has 0 radical (unpaired) electrons.